The molecule has 0 saturated carbocycles. The maximum absolute atomic E-state index is 11.7. The number of esters is 1. The molecule has 1 fully saturated rings. The molecule has 1 aliphatic rings. The number of piperidine rings is 1. The van der Waals surface area contributed by atoms with Crippen LogP contribution >= 0.6 is 11.6 Å². The Kier molecular flexibility index (Phi) is 5.67. The molecule has 1 atom stereocenters. The van der Waals surface area contributed by atoms with Crippen molar-refractivity contribution in [2.24, 2.45) is 5.92 Å². The first-order chi connectivity index (χ1) is 9.24. The van der Waals surface area contributed by atoms with Crippen LogP contribution < -0.4 is 5.32 Å². The highest BCUT2D eigenvalue weighted by atomic mass is 35.5. The predicted octanol–water partition coefficient (Wildman–Crippen LogP) is 3.16. The molecule has 1 aromatic rings. The van der Waals surface area contributed by atoms with E-state index in [9.17, 15) is 4.79 Å². The van der Waals surface area contributed by atoms with Crippen molar-refractivity contribution < 1.29 is 9.53 Å². The number of carbonyl (C=O) groups is 1. The van der Waals surface area contributed by atoms with Crippen molar-refractivity contribution in [2.75, 3.05) is 13.1 Å². The van der Waals surface area contributed by atoms with Gasteiger partial charge in [0, 0.05) is 11.4 Å². The Morgan fingerprint density at radius 1 is 1.47 bits per heavy atom. The molecule has 0 aromatic heterocycles. The van der Waals surface area contributed by atoms with Crippen LogP contribution in [0.5, 0.6) is 0 Å². The maximum Gasteiger partial charge on any atom is 0.306 e. The van der Waals surface area contributed by atoms with E-state index in [1.54, 1.807) is 0 Å². The Balaban J connectivity index is 1.66. The highest BCUT2D eigenvalue weighted by Gasteiger charge is 2.14. The first kappa shape index (κ1) is 14.4. The monoisotopic (exact) mass is 281 g/mol. The van der Waals surface area contributed by atoms with Gasteiger partial charge in [0.15, 0.2) is 0 Å². The molecule has 2 rings (SSSR count). The average Bonchev–Trinajstić information content (AvgIpc) is 2.44. The second-order valence-corrected chi connectivity index (χ2v) is 5.48. The van der Waals surface area contributed by atoms with E-state index in [-0.39, 0.29) is 5.97 Å². The first-order valence-electron chi connectivity index (χ1n) is 6.85. The van der Waals surface area contributed by atoms with Gasteiger partial charge in [0.05, 0.1) is 0 Å². The third-order valence-corrected chi connectivity index (χ3v) is 3.68. The minimum Gasteiger partial charge on any atom is -0.461 e. The predicted molar refractivity (Wildman–Crippen MR) is 76.1 cm³/mol. The van der Waals surface area contributed by atoms with Crippen LogP contribution in [0.2, 0.25) is 5.02 Å². The highest BCUT2D eigenvalue weighted by Crippen LogP contribution is 2.17. The summed E-state index contributed by atoms with van der Waals surface area (Å²) in [4.78, 5) is 11.7. The summed E-state index contributed by atoms with van der Waals surface area (Å²) < 4.78 is 5.26. The van der Waals surface area contributed by atoms with Crippen molar-refractivity contribution in [3.63, 3.8) is 0 Å². The molecule has 0 bridgehead atoms. The largest absolute Gasteiger partial charge is 0.461 e. The lowest BCUT2D eigenvalue weighted by Gasteiger charge is -2.22. The van der Waals surface area contributed by atoms with Crippen molar-refractivity contribution in [1.29, 1.82) is 0 Å². The fourth-order valence-electron chi connectivity index (χ4n) is 2.36. The molecule has 1 aliphatic heterocycles. The summed E-state index contributed by atoms with van der Waals surface area (Å²) in [6.45, 7) is 2.44. The summed E-state index contributed by atoms with van der Waals surface area (Å²) in [7, 11) is 0. The number of carbonyl (C=O) groups excluding carboxylic acids is 1. The zero-order chi connectivity index (χ0) is 13.5. The Morgan fingerprint density at radius 2 is 2.37 bits per heavy atom. The molecule has 1 heterocycles. The van der Waals surface area contributed by atoms with E-state index in [2.05, 4.69) is 5.32 Å². The fraction of sp³-hybridized carbons (Fsp3) is 0.533. The molecule has 19 heavy (non-hydrogen) atoms. The maximum atomic E-state index is 11.7. The van der Waals surface area contributed by atoms with E-state index in [0.717, 1.165) is 25.1 Å². The van der Waals surface area contributed by atoms with Gasteiger partial charge in [-0.25, -0.2) is 0 Å². The summed E-state index contributed by atoms with van der Waals surface area (Å²) in [5, 5.41) is 4.02. The SMILES string of the molecule is O=C(CCC1CCCNC1)OCc1cccc(Cl)c1. The Morgan fingerprint density at radius 3 is 3.11 bits per heavy atom. The van der Waals surface area contributed by atoms with Crippen LogP contribution in [0.3, 0.4) is 0 Å². The van der Waals surface area contributed by atoms with Crippen molar-refractivity contribution in [2.45, 2.75) is 32.3 Å². The Hall–Kier alpha value is -1.06. The lowest BCUT2D eigenvalue weighted by atomic mass is 9.95. The highest BCUT2D eigenvalue weighted by molar-refractivity contribution is 6.30. The minimum absolute atomic E-state index is 0.120. The summed E-state index contributed by atoms with van der Waals surface area (Å²) in [6, 6.07) is 7.40. The molecule has 4 heteroatoms. The molecule has 104 valence electrons. The average molecular weight is 282 g/mol. The van der Waals surface area contributed by atoms with Gasteiger partial charge in [-0.1, -0.05) is 23.7 Å². The lowest BCUT2D eigenvalue weighted by Crippen LogP contribution is -2.30. The number of hydrogen-bond donors (Lipinski definition) is 1. The number of nitrogens with one attached hydrogen (secondary N) is 1. The summed E-state index contributed by atoms with van der Waals surface area (Å²) in [5.41, 5.74) is 0.931. The van der Waals surface area contributed by atoms with E-state index in [4.69, 9.17) is 16.3 Å². The van der Waals surface area contributed by atoms with Crippen molar-refractivity contribution in [3.05, 3.63) is 34.9 Å². The van der Waals surface area contributed by atoms with Gasteiger partial charge in [-0.3, -0.25) is 4.79 Å². The van der Waals surface area contributed by atoms with E-state index < -0.39 is 0 Å². The van der Waals surface area contributed by atoms with Crippen LogP contribution in [0, 0.1) is 5.92 Å². The van der Waals surface area contributed by atoms with Crippen LogP contribution in [0.1, 0.15) is 31.2 Å². The van der Waals surface area contributed by atoms with Gasteiger partial charge >= 0.3 is 5.97 Å². The molecular formula is C15H20ClNO2. The molecule has 1 saturated heterocycles. The van der Waals surface area contributed by atoms with Crippen LogP contribution in [0.25, 0.3) is 0 Å². The Bertz CT molecular complexity index is 416. The van der Waals surface area contributed by atoms with Gasteiger partial charge in [0.1, 0.15) is 6.61 Å². The standard InChI is InChI=1S/C15H20ClNO2/c16-14-5-1-3-13(9-14)11-19-15(18)7-6-12-4-2-8-17-10-12/h1,3,5,9,12,17H,2,4,6-8,10-11H2. The second kappa shape index (κ2) is 7.51. The number of hydrogen-bond acceptors (Lipinski definition) is 3. The van der Waals surface area contributed by atoms with Gasteiger partial charge in [-0.2, -0.15) is 0 Å². The lowest BCUT2D eigenvalue weighted by molar-refractivity contribution is -0.145. The number of rotatable bonds is 5. The zero-order valence-electron chi connectivity index (χ0n) is 11.0. The van der Waals surface area contributed by atoms with E-state index in [1.165, 1.54) is 12.8 Å². The first-order valence-corrected chi connectivity index (χ1v) is 7.22. The molecule has 1 aromatic carbocycles. The quantitative estimate of drug-likeness (QED) is 0.843. The third-order valence-electron chi connectivity index (χ3n) is 3.44. The number of halogens is 1. The van der Waals surface area contributed by atoms with Crippen molar-refractivity contribution in [3.8, 4) is 0 Å². The molecule has 0 amide bonds. The summed E-state index contributed by atoms with van der Waals surface area (Å²) in [6.07, 6.45) is 3.85. The molecule has 0 aliphatic carbocycles. The van der Waals surface area contributed by atoms with Crippen LogP contribution in [0.4, 0.5) is 0 Å². The second-order valence-electron chi connectivity index (χ2n) is 5.04. The van der Waals surface area contributed by atoms with E-state index in [1.807, 2.05) is 24.3 Å². The minimum atomic E-state index is -0.120. The molecular weight excluding hydrogens is 262 g/mol. The van der Waals surface area contributed by atoms with Gasteiger partial charge in [0.25, 0.3) is 0 Å². The summed E-state index contributed by atoms with van der Waals surface area (Å²) >= 11 is 5.88. The van der Waals surface area contributed by atoms with Crippen molar-refractivity contribution in [1.82, 2.24) is 5.32 Å². The Labute approximate surface area is 119 Å². The third kappa shape index (κ3) is 5.21. The smallest absolute Gasteiger partial charge is 0.306 e. The molecule has 0 spiro atoms. The van der Waals surface area contributed by atoms with Gasteiger partial charge in [-0.15, -0.1) is 0 Å². The van der Waals surface area contributed by atoms with Gasteiger partial charge < -0.3 is 10.1 Å². The number of ether oxygens (including phenoxy) is 1. The molecule has 1 N–H and O–H groups in total. The molecule has 1 unspecified atom stereocenters. The van der Waals surface area contributed by atoms with Gasteiger partial charge in [-0.05, 0) is 56.0 Å². The van der Waals surface area contributed by atoms with Crippen LogP contribution in [-0.4, -0.2) is 19.1 Å². The van der Waals surface area contributed by atoms with Crippen molar-refractivity contribution >= 4 is 17.6 Å². The molecule has 0 radical (unpaired) electrons. The van der Waals surface area contributed by atoms with E-state index in [0.29, 0.717) is 24.0 Å². The van der Waals surface area contributed by atoms with E-state index >= 15 is 0 Å². The summed E-state index contributed by atoms with van der Waals surface area (Å²) in [5.74, 6) is 0.498. The zero-order valence-corrected chi connectivity index (χ0v) is 11.8. The fourth-order valence-corrected chi connectivity index (χ4v) is 2.57. The topological polar surface area (TPSA) is 38.3 Å². The van der Waals surface area contributed by atoms with Gasteiger partial charge in [0.2, 0.25) is 0 Å². The number of benzene rings is 1. The van der Waals surface area contributed by atoms with Crippen LogP contribution in [-0.2, 0) is 16.1 Å². The normalized spacial score (nSPS) is 19.1. The molecule has 3 nitrogen and oxygen atoms in total. The van der Waals surface area contributed by atoms with Crippen LogP contribution in [0.15, 0.2) is 24.3 Å².